The van der Waals surface area contributed by atoms with Crippen LogP contribution in [0.1, 0.15) is 18.5 Å². The Morgan fingerprint density at radius 2 is 1.84 bits per heavy atom. The zero-order valence-electron chi connectivity index (χ0n) is 10.9. The fraction of sp³-hybridized carbons (Fsp3) is 0.200. The van der Waals surface area contributed by atoms with Gasteiger partial charge in [0.2, 0.25) is 0 Å². The third-order valence-electron chi connectivity index (χ3n) is 2.77. The molecule has 1 atom stereocenters. The van der Waals surface area contributed by atoms with E-state index in [1.165, 1.54) is 0 Å². The first-order valence-electron chi connectivity index (χ1n) is 5.97. The molecule has 0 unspecified atom stereocenters. The Hall–Kier alpha value is -1.52. The fourth-order valence-electron chi connectivity index (χ4n) is 1.76. The molecule has 0 aliphatic rings. The third-order valence-corrected chi connectivity index (χ3v) is 3.39. The summed E-state index contributed by atoms with van der Waals surface area (Å²) in [7, 11) is 1.63. The van der Waals surface area contributed by atoms with Gasteiger partial charge in [-0.15, -0.1) is 0 Å². The van der Waals surface area contributed by atoms with Crippen molar-refractivity contribution in [3.63, 3.8) is 0 Å². The lowest BCUT2D eigenvalue weighted by Crippen LogP contribution is -2.06. The molecule has 0 heterocycles. The van der Waals surface area contributed by atoms with Crippen molar-refractivity contribution in [2.45, 2.75) is 13.0 Å². The number of methoxy groups -OCH3 is 1. The van der Waals surface area contributed by atoms with E-state index in [9.17, 15) is 0 Å². The van der Waals surface area contributed by atoms with Gasteiger partial charge in [-0.3, -0.25) is 0 Å². The molecule has 0 amide bonds. The predicted molar refractivity (Wildman–Crippen MR) is 79.8 cm³/mol. The summed E-state index contributed by atoms with van der Waals surface area (Å²) < 4.78 is 11.9. The first-order chi connectivity index (χ1) is 9.11. The van der Waals surface area contributed by atoms with Gasteiger partial charge in [0.25, 0.3) is 0 Å². The third kappa shape index (κ3) is 3.28. The zero-order valence-corrected chi connectivity index (χ0v) is 12.5. The molecule has 2 aromatic rings. The molecule has 0 aliphatic heterocycles. The Labute approximate surface area is 121 Å². The summed E-state index contributed by atoms with van der Waals surface area (Å²) in [6.45, 7) is 1.94. The Balaban J connectivity index is 2.31. The number of para-hydroxylation sites is 1. The Morgan fingerprint density at radius 3 is 2.47 bits per heavy atom. The van der Waals surface area contributed by atoms with Gasteiger partial charge >= 0.3 is 0 Å². The van der Waals surface area contributed by atoms with Crippen LogP contribution in [0.25, 0.3) is 0 Å². The SMILES string of the molecule is COc1ccc(Oc2ccccc2[C@H](C)N)c(Br)c1. The van der Waals surface area contributed by atoms with Crippen molar-refractivity contribution < 1.29 is 9.47 Å². The molecular weight excluding hydrogens is 306 g/mol. The van der Waals surface area contributed by atoms with Crippen LogP contribution in [0.5, 0.6) is 17.2 Å². The van der Waals surface area contributed by atoms with Crippen LogP contribution in [0, 0.1) is 0 Å². The Bertz CT molecular complexity index is 570. The van der Waals surface area contributed by atoms with Crippen LogP contribution in [-0.2, 0) is 0 Å². The number of rotatable bonds is 4. The van der Waals surface area contributed by atoms with Gasteiger partial charge < -0.3 is 15.2 Å². The van der Waals surface area contributed by atoms with E-state index in [2.05, 4.69) is 15.9 Å². The van der Waals surface area contributed by atoms with E-state index < -0.39 is 0 Å². The highest BCUT2D eigenvalue weighted by atomic mass is 79.9. The van der Waals surface area contributed by atoms with Gasteiger partial charge in [-0.1, -0.05) is 18.2 Å². The van der Waals surface area contributed by atoms with Gasteiger partial charge in [0.05, 0.1) is 11.6 Å². The van der Waals surface area contributed by atoms with Crippen LogP contribution >= 0.6 is 15.9 Å². The van der Waals surface area contributed by atoms with E-state index in [-0.39, 0.29) is 6.04 Å². The van der Waals surface area contributed by atoms with Gasteiger partial charge in [0, 0.05) is 11.6 Å². The van der Waals surface area contributed by atoms with Crippen LogP contribution in [0.2, 0.25) is 0 Å². The molecule has 2 rings (SSSR count). The number of benzene rings is 2. The van der Waals surface area contributed by atoms with Crippen LogP contribution in [0.15, 0.2) is 46.9 Å². The van der Waals surface area contributed by atoms with Gasteiger partial charge in [0.15, 0.2) is 0 Å². The first-order valence-corrected chi connectivity index (χ1v) is 6.77. The average molecular weight is 322 g/mol. The zero-order chi connectivity index (χ0) is 13.8. The van der Waals surface area contributed by atoms with Gasteiger partial charge in [-0.2, -0.15) is 0 Å². The Morgan fingerprint density at radius 1 is 1.11 bits per heavy atom. The normalized spacial score (nSPS) is 12.0. The molecule has 3 nitrogen and oxygen atoms in total. The number of nitrogens with two attached hydrogens (primary N) is 1. The molecule has 0 aromatic heterocycles. The van der Waals surface area contributed by atoms with Crippen molar-refractivity contribution in [1.29, 1.82) is 0 Å². The standard InChI is InChI=1S/C15H16BrNO2/c1-10(17)12-5-3-4-6-14(12)19-15-8-7-11(18-2)9-13(15)16/h3-10H,17H2,1-2H3/t10-/m0/s1. The largest absolute Gasteiger partial charge is 0.497 e. The summed E-state index contributed by atoms with van der Waals surface area (Å²) in [5.41, 5.74) is 6.92. The van der Waals surface area contributed by atoms with E-state index in [0.717, 1.165) is 27.3 Å². The summed E-state index contributed by atoms with van der Waals surface area (Å²) in [5.74, 6) is 2.27. The second-order valence-electron chi connectivity index (χ2n) is 4.22. The number of halogens is 1. The molecule has 0 saturated carbocycles. The second kappa shape index (κ2) is 6.08. The van der Waals surface area contributed by atoms with Crippen LogP contribution in [0.3, 0.4) is 0 Å². The van der Waals surface area contributed by atoms with Crippen molar-refractivity contribution in [2.24, 2.45) is 5.73 Å². The molecule has 0 radical (unpaired) electrons. The van der Waals surface area contributed by atoms with E-state index in [1.807, 2.05) is 49.4 Å². The second-order valence-corrected chi connectivity index (χ2v) is 5.08. The van der Waals surface area contributed by atoms with E-state index in [4.69, 9.17) is 15.2 Å². The van der Waals surface area contributed by atoms with Gasteiger partial charge in [-0.25, -0.2) is 0 Å². The molecule has 0 fully saturated rings. The summed E-state index contributed by atoms with van der Waals surface area (Å²) >= 11 is 3.47. The minimum Gasteiger partial charge on any atom is -0.497 e. The molecule has 2 aromatic carbocycles. The lowest BCUT2D eigenvalue weighted by Gasteiger charge is -2.14. The number of hydrogen-bond acceptors (Lipinski definition) is 3. The molecular formula is C15H16BrNO2. The molecule has 0 bridgehead atoms. The molecule has 2 N–H and O–H groups in total. The van der Waals surface area contributed by atoms with Crippen molar-refractivity contribution >= 4 is 15.9 Å². The maximum atomic E-state index is 5.94. The van der Waals surface area contributed by atoms with E-state index in [1.54, 1.807) is 7.11 Å². The monoisotopic (exact) mass is 321 g/mol. The van der Waals surface area contributed by atoms with E-state index >= 15 is 0 Å². The molecule has 100 valence electrons. The van der Waals surface area contributed by atoms with Crippen LogP contribution in [-0.4, -0.2) is 7.11 Å². The lowest BCUT2D eigenvalue weighted by molar-refractivity contribution is 0.412. The van der Waals surface area contributed by atoms with Crippen LogP contribution < -0.4 is 15.2 Å². The summed E-state index contributed by atoms with van der Waals surface area (Å²) in [6.07, 6.45) is 0. The maximum absolute atomic E-state index is 5.94. The fourth-order valence-corrected chi connectivity index (χ4v) is 2.20. The van der Waals surface area contributed by atoms with Crippen molar-refractivity contribution in [3.05, 3.63) is 52.5 Å². The highest BCUT2D eigenvalue weighted by Gasteiger charge is 2.10. The number of ether oxygens (including phenoxy) is 2. The minimum absolute atomic E-state index is 0.0757. The summed E-state index contributed by atoms with van der Waals surface area (Å²) in [5, 5.41) is 0. The molecule has 0 saturated heterocycles. The first kappa shape index (κ1) is 13.9. The molecule has 0 aliphatic carbocycles. The van der Waals surface area contributed by atoms with Crippen LogP contribution in [0.4, 0.5) is 0 Å². The van der Waals surface area contributed by atoms with Crippen molar-refractivity contribution in [2.75, 3.05) is 7.11 Å². The smallest absolute Gasteiger partial charge is 0.141 e. The van der Waals surface area contributed by atoms with Gasteiger partial charge in [0.1, 0.15) is 17.2 Å². The highest BCUT2D eigenvalue weighted by Crippen LogP contribution is 2.35. The van der Waals surface area contributed by atoms with Gasteiger partial charge in [-0.05, 0) is 47.1 Å². The Kier molecular flexibility index (Phi) is 4.45. The molecule has 4 heteroatoms. The summed E-state index contributed by atoms with van der Waals surface area (Å²) in [6, 6.07) is 13.3. The minimum atomic E-state index is -0.0757. The quantitative estimate of drug-likeness (QED) is 0.914. The lowest BCUT2D eigenvalue weighted by atomic mass is 10.1. The maximum Gasteiger partial charge on any atom is 0.141 e. The predicted octanol–water partition coefficient (Wildman–Crippen LogP) is 4.27. The van der Waals surface area contributed by atoms with E-state index in [0.29, 0.717) is 0 Å². The summed E-state index contributed by atoms with van der Waals surface area (Å²) in [4.78, 5) is 0. The molecule has 19 heavy (non-hydrogen) atoms. The molecule has 0 spiro atoms. The van der Waals surface area contributed by atoms with Crippen molar-refractivity contribution in [3.8, 4) is 17.2 Å². The van der Waals surface area contributed by atoms with Crippen molar-refractivity contribution in [1.82, 2.24) is 0 Å². The number of hydrogen-bond donors (Lipinski definition) is 1. The highest BCUT2D eigenvalue weighted by molar-refractivity contribution is 9.10. The average Bonchev–Trinajstić information content (AvgIpc) is 2.41. The topological polar surface area (TPSA) is 44.5 Å².